The van der Waals surface area contributed by atoms with Crippen LogP contribution in [0.2, 0.25) is 5.02 Å². The number of hydrogen-bond donors (Lipinski definition) is 1. The highest BCUT2D eigenvalue weighted by atomic mass is 35.5. The highest BCUT2D eigenvalue weighted by Gasteiger charge is 2.29. The molecule has 1 aromatic rings. The molecule has 0 amide bonds. The van der Waals surface area contributed by atoms with Crippen molar-refractivity contribution in [2.24, 2.45) is 5.41 Å². The highest BCUT2D eigenvalue weighted by Crippen LogP contribution is 2.33. The second-order valence-electron chi connectivity index (χ2n) is 5.37. The molecular formula is C13H18ClNO. The molecule has 0 bridgehead atoms. The topological polar surface area (TPSA) is 23.5 Å². The van der Waals surface area contributed by atoms with E-state index in [0.717, 1.165) is 25.2 Å². The predicted molar refractivity (Wildman–Crippen MR) is 66.8 cm³/mol. The van der Waals surface area contributed by atoms with Crippen LogP contribution >= 0.6 is 11.6 Å². The van der Waals surface area contributed by atoms with Crippen molar-refractivity contribution in [1.29, 1.82) is 0 Å². The van der Waals surface area contributed by atoms with Crippen LogP contribution in [0, 0.1) is 5.41 Å². The molecule has 0 aliphatic carbocycles. The minimum absolute atomic E-state index is 0.230. The summed E-state index contributed by atoms with van der Waals surface area (Å²) in [5.41, 5.74) is 1.32. The standard InChI is InChI=1S/C13H18ClNO/c1-13(2)6-7-15(9-13)8-10-4-3-5-11(14)12(10)16/h3-5,16H,6-9H2,1-2H3. The molecule has 1 saturated heterocycles. The Balaban J connectivity index is 2.08. The summed E-state index contributed by atoms with van der Waals surface area (Å²) < 4.78 is 0. The van der Waals surface area contributed by atoms with E-state index in [4.69, 9.17) is 11.6 Å². The summed E-state index contributed by atoms with van der Waals surface area (Å²) in [6, 6.07) is 5.54. The van der Waals surface area contributed by atoms with Gasteiger partial charge in [-0.25, -0.2) is 0 Å². The highest BCUT2D eigenvalue weighted by molar-refractivity contribution is 6.32. The molecule has 0 radical (unpaired) electrons. The zero-order valence-corrected chi connectivity index (χ0v) is 10.6. The largest absolute Gasteiger partial charge is 0.506 e. The molecule has 16 heavy (non-hydrogen) atoms. The summed E-state index contributed by atoms with van der Waals surface area (Å²) in [6.07, 6.45) is 1.22. The maximum absolute atomic E-state index is 9.83. The summed E-state index contributed by atoms with van der Waals surface area (Å²) in [4.78, 5) is 2.37. The lowest BCUT2D eigenvalue weighted by molar-refractivity contribution is 0.280. The SMILES string of the molecule is CC1(C)CCN(Cc2cccc(Cl)c2O)C1. The number of likely N-dealkylation sites (tertiary alicyclic amines) is 1. The van der Waals surface area contributed by atoms with Crippen LogP contribution in [-0.4, -0.2) is 23.1 Å². The van der Waals surface area contributed by atoms with Crippen molar-refractivity contribution in [2.45, 2.75) is 26.8 Å². The molecule has 1 aliphatic heterocycles. The number of para-hydroxylation sites is 1. The van der Waals surface area contributed by atoms with Crippen LogP contribution in [0.1, 0.15) is 25.8 Å². The number of phenolic OH excluding ortho intramolecular Hbond substituents is 1. The summed E-state index contributed by atoms with van der Waals surface area (Å²) >= 11 is 5.89. The zero-order chi connectivity index (χ0) is 11.8. The van der Waals surface area contributed by atoms with Gasteiger partial charge in [-0.1, -0.05) is 37.6 Å². The van der Waals surface area contributed by atoms with Gasteiger partial charge < -0.3 is 5.11 Å². The molecule has 1 aromatic carbocycles. The first-order valence-electron chi connectivity index (χ1n) is 5.67. The molecule has 2 rings (SSSR count). The van der Waals surface area contributed by atoms with E-state index in [9.17, 15) is 5.11 Å². The van der Waals surface area contributed by atoms with E-state index in [1.807, 2.05) is 12.1 Å². The second-order valence-corrected chi connectivity index (χ2v) is 5.78. The molecule has 0 spiro atoms. The predicted octanol–water partition coefficient (Wildman–Crippen LogP) is 3.28. The van der Waals surface area contributed by atoms with E-state index in [-0.39, 0.29) is 5.75 Å². The average Bonchev–Trinajstić information content (AvgIpc) is 2.53. The molecule has 88 valence electrons. The Kier molecular flexibility index (Phi) is 3.13. The van der Waals surface area contributed by atoms with Crippen LogP contribution < -0.4 is 0 Å². The van der Waals surface area contributed by atoms with Gasteiger partial charge in [0.25, 0.3) is 0 Å². The number of hydrogen-bond acceptors (Lipinski definition) is 2. The van der Waals surface area contributed by atoms with E-state index in [1.165, 1.54) is 6.42 Å². The molecule has 1 N–H and O–H groups in total. The van der Waals surface area contributed by atoms with Gasteiger partial charge in [0, 0.05) is 18.7 Å². The molecule has 3 heteroatoms. The molecule has 0 saturated carbocycles. The second kappa shape index (κ2) is 4.27. The number of nitrogens with zero attached hydrogens (tertiary/aromatic N) is 1. The van der Waals surface area contributed by atoms with Crippen molar-refractivity contribution in [3.63, 3.8) is 0 Å². The number of benzene rings is 1. The molecule has 1 heterocycles. The number of rotatable bonds is 2. The molecular weight excluding hydrogens is 222 g/mol. The molecule has 2 nitrogen and oxygen atoms in total. The normalized spacial score (nSPS) is 20.2. The van der Waals surface area contributed by atoms with E-state index >= 15 is 0 Å². The zero-order valence-electron chi connectivity index (χ0n) is 9.83. The van der Waals surface area contributed by atoms with E-state index in [1.54, 1.807) is 6.07 Å². The lowest BCUT2D eigenvalue weighted by atomic mass is 9.93. The first-order valence-corrected chi connectivity index (χ1v) is 6.04. The third-order valence-corrected chi connectivity index (χ3v) is 3.53. The maximum Gasteiger partial charge on any atom is 0.138 e. The van der Waals surface area contributed by atoms with Gasteiger partial charge in [-0.3, -0.25) is 4.90 Å². The lowest BCUT2D eigenvalue weighted by Gasteiger charge is -2.20. The Bertz CT molecular complexity index is 390. The van der Waals surface area contributed by atoms with Gasteiger partial charge in [0.2, 0.25) is 0 Å². The minimum Gasteiger partial charge on any atom is -0.506 e. The fourth-order valence-electron chi connectivity index (χ4n) is 2.29. The van der Waals surface area contributed by atoms with E-state index < -0.39 is 0 Å². The van der Waals surface area contributed by atoms with Gasteiger partial charge in [-0.15, -0.1) is 0 Å². The Hall–Kier alpha value is -0.730. The molecule has 1 fully saturated rings. The van der Waals surface area contributed by atoms with Gasteiger partial charge in [0.1, 0.15) is 5.75 Å². The van der Waals surface area contributed by atoms with Crippen LogP contribution in [0.15, 0.2) is 18.2 Å². The Morgan fingerprint density at radius 2 is 2.19 bits per heavy atom. The third-order valence-electron chi connectivity index (χ3n) is 3.22. The summed E-state index contributed by atoms with van der Waals surface area (Å²) in [7, 11) is 0. The summed E-state index contributed by atoms with van der Waals surface area (Å²) in [5.74, 6) is 0.230. The number of aromatic hydroxyl groups is 1. The van der Waals surface area contributed by atoms with Crippen LogP contribution in [0.25, 0.3) is 0 Å². The first kappa shape index (κ1) is 11.7. The van der Waals surface area contributed by atoms with Crippen LogP contribution in [-0.2, 0) is 6.54 Å². The summed E-state index contributed by atoms with van der Waals surface area (Å²) in [6.45, 7) is 7.53. The quantitative estimate of drug-likeness (QED) is 0.856. The van der Waals surface area contributed by atoms with Crippen molar-refractivity contribution in [1.82, 2.24) is 4.90 Å². The van der Waals surface area contributed by atoms with Crippen molar-refractivity contribution in [2.75, 3.05) is 13.1 Å². The lowest BCUT2D eigenvalue weighted by Crippen LogP contribution is -2.22. The summed E-state index contributed by atoms with van der Waals surface area (Å²) in [5, 5.41) is 10.3. The monoisotopic (exact) mass is 239 g/mol. The van der Waals surface area contributed by atoms with Crippen LogP contribution in [0.4, 0.5) is 0 Å². The number of halogens is 1. The molecule has 0 atom stereocenters. The fraction of sp³-hybridized carbons (Fsp3) is 0.538. The molecule has 1 aliphatic rings. The third kappa shape index (κ3) is 2.50. The van der Waals surface area contributed by atoms with E-state index in [2.05, 4.69) is 18.7 Å². The Morgan fingerprint density at radius 3 is 2.81 bits per heavy atom. The van der Waals surface area contributed by atoms with E-state index in [0.29, 0.717) is 10.4 Å². The van der Waals surface area contributed by atoms with Crippen molar-refractivity contribution in [3.8, 4) is 5.75 Å². The Labute approximate surface area is 102 Å². The minimum atomic E-state index is 0.230. The van der Waals surface area contributed by atoms with Gasteiger partial charge in [-0.05, 0) is 24.4 Å². The van der Waals surface area contributed by atoms with Gasteiger partial charge in [0.05, 0.1) is 5.02 Å². The first-order chi connectivity index (χ1) is 7.48. The van der Waals surface area contributed by atoms with Crippen molar-refractivity contribution in [3.05, 3.63) is 28.8 Å². The molecule has 0 aromatic heterocycles. The van der Waals surface area contributed by atoms with Gasteiger partial charge in [0.15, 0.2) is 0 Å². The van der Waals surface area contributed by atoms with Crippen LogP contribution in [0.5, 0.6) is 5.75 Å². The van der Waals surface area contributed by atoms with Crippen molar-refractivity contribution >= 4 is 11.6 Å². The van der Waals surface area contributed by atoms with Gasteiger partial charge >= 0.3 is 0 Å². The van der Waals surface area contributed by atoms with Crippen LogP contribution in [0.3, 0.4) is 0 Å². The molecule has 0 unspecified atom stereocenters. The number of phenols is 1. The fourth-order valence-corrected chi connectivity index (χ4v) is 2.48. The smallest absolute Gasteiger partial charge is 0.138 e. The van der Waals surface area contributed by atoms with Crippen molar-refractivity contribution < 1.29 is 5.11 Å². The van der Waals surface area contributed by atoms with Gasteiger partial charge in [-0.2, -0.15) is 0 Å². The average molecular weight is 240 g/mol. The Morgan fingerprint density at radius 1 is 1.44 bits per heavy atom. The maximum atomic E-state index is 9.83.